The monoisotopic (exact) mass is 206 g/mol. The second kappa shape index (κ2) is 3.51. The van der Waals surface area contributed by atoms with E-state index in [0.29, 0.717) is 0 Å². The van der Waals surface area contributed by atoms with E-state index in [1.54, 1.807) is 0 Å². The molecule has 1 N–H and O–H groups in total. The van der Waals surface area contributed by atoms with Gasteiger partial charge in [0.05, 0.1) is 13.1 Å². The molecule has 0 aromatic heterocycles. The molecule has 14 heavy (non-hydrogen) atoms. The van der Waals surface area contributed by atoms with Crippen LogP contribution < -0.4 is 5.32 Å². The van der Waals surface area contributed by atoms with Crippen LogP contribution in [0.3, 0.4) is 0 Å². The van der Waals surface area contributed by atoms with Crippen molar-refractivity contribution in [3.05, 3.63) is 0 Å². The molecular weight excluding hydrogens is 194 g/mol. The van der Waals surface area contributed by atoms with Crippen LogP contribution in [0.25, 0.3) is 0 Å². The Kier molecular flexibility index (Phi) is 2.73. The fourth-order valence-electron chi connectivity index (χ4n) is 1.40. The Morgan fingerprint density at radius 2 is 2.07 bits per heavy atom. The largest absolute Gasteiger partial charge is 0.341 e. The molecule has 1 fully saturated rings. The first kappa shape index (κ1) is 10.9. The lowest BCUT2D eigenvalue weighted by Crippen LogP contribution is -2.64. The van der Waals surface area contributed by atoms with Gasteiger partial charge < -0.3 is 10.2 Å². The van der Waals surface area contributed by atoms with Crippen molar-refractivity contribution in [2.75, 3.05) is 13.1 Å². The third kappa shape index (κ3) is 2.18. The zero-order chi connectivity index (χ0) is 10.9. The molecule has 0 aromatic rings. The number of hydrogen-bond donors (Lipinski definition) is 1. The molecule has 4 nitrogen and oxygen atoms in total. The van der Waals surface area contributed by atoms with Crippen LogP contribution in [0.15, 0.2) is 0 Å². The van der Waals surface area contributed by atoms with E-state index < -0.39 is 30.3 Å². The molecule has 1 aliphatic heterocycles. The first-order valence-corrected chi connectivity index (χ1v) is 4.21. The van der Waals surface area contributed by atoms with Gasteiger partial charge in [-0.3, -0.25) is 9.59 Å². The van der Waals surface area contributed by atoms with E-state index in [1.807, 2.05) is 0 Å². The minimum absolute atomic E-state index is 0.285. The summed E-state index contributed by atoms with van der Waals surface area (Å²) in [7, 11) is 0. The number of carbonyl (C=O) groups is 2. The van der Waals surface area contributed by atoms with Crippen molar-refractivity contribution < 1.29 is 18.4 Å². The van der Waals surface area contributed by atoms with Crippen LogP contribution in [0, 0.1) is 0 Å². The third-order valence-corrected chi connectivity index (χ3v) is 1.97. The van der Waals surface area contributed by atoms with Crippen LogP contribution in [-0.2, 0) is 9.59 Å². The molecule has 0 unspecified atom stereocenters. The van der Waals surface area contributed by atoms with Gasteiger partial charge in [-0.1, -0.05) is 0 Å². The number of hydrogen-bond acceptors (Lipinski definition) is 2. The predicted octanol–water partition coefficient (Wildman–Crippen LogP) is -0.0115. The summed E-state index contributed by atoms with van der Waals surface area (Å²) in [6, 6.07) is 0. The second-order valence-electron chi connectivity index (χ2n) is 3.75. The van der Waals surface area contributed by atoms with Gasteiger partial charge in [0, 0.05) is 0 Å². The van der Waals surface area contributed by atoms with E-state index in [2.05, 4.69) is 5.32 Å². The maximum Gasteiger partial charge on any atom is 0.255 e. The van der Waals surface area contributed by atoms with E-state index in [4.69, 9.17) is 0 Å². The maximum absolute atomic E-state index is 12.0. The fraction of sp³-hybridized carbons (Fsp3) is 0.750. The Labute approximate surface area is 80.3 Å². The molecule has 0 aromatic carbocycles. The SMILES string of the molecule is CC1(C)NC(=O)CN(CC(F)F)C1=O. The summed E-state index contributed by atoms with van der Waals surface area (Å²) in [6.45, 7) is 2.01. The number of amides is 2. The lowest BCUT2D eigenvalue weighted by molar-refractivity contribution is -0.150. The molecule has 6 heteroatoms. The summed E-state index contributed by atoms with van der Waals surface area (Å²) in [5, 5.41) is 2.43. The van der Waals surface area contributed by atoms with Gasteiger partial charge in [0.1, 0.15) is 5.54 Å². The van der Waals surface area contributed by atoms with Crippen molar-refractivity contribution in [3.8, 4) is 0 Å². The maximum atomic E-state index is 12.0. The quantitative estimate of drug-likeness (QED) is 0.690. The normalized spacial score (nSPS) is 21.4. The summed E-state index contributed by atoms with van der Waals surface area (Å²) in [5.41, 5.74) is -1.08. The molecule has 2 amide bonds. The van der Waals surface area contributed by atoms with Gasteiger partial charge in [-0.05, 0) is 13.8 Å². The average molecular weight is 206 g/mol. The number of piperazine rings is 1. The van der Waals surface area contributed by atoms with Crippen LogP contribution in [0.5, 0.6) is 0 Å². The van der Waals surface area contributed by atoms with Crippen LogP contribution in [0.2, 0.25) is 0 Å². The zero-order valence-electron chi connectivity index (χ0n) is 8.01. The first-order chi connectivity index (χ1) is 6.33. The Morgan fingerprint density at radius 1 is 1.50 bits per heavy atom. The molecule has 80 valence electrons. The molecule has 0 atom stereocenters. The topological polar surface area (TPSA) is 49.4 Å². The van der Waals surface area contributed by atoms with Crippen LogP contribution in [0.4, 0.5) is 8.78 Å². The molecule has 0 spiro atoms. The summed E-state index contributed by atoms with van der Waals surface area (Å²) < 4.78 is 24.1. The van der Waals surface area contributed by atoms with Gasteiger partial charge in [0.2, 0.25) is 11.8 Å². The molecule has 0 saturated carbocycles. The number of rotatable bonds is 2. The number of carbonyl (C=O) groups excluding carboxylic acids is 2. The number of nitrogens with one attached hydrogen (secondary N) is 1. The highest BCUT2D eigenvalue weighted by atomic mass is 19.3. The number of alkyl halides is 2. The summed E-state index contributed by atoms with van der Waals surface area (Å²) in [5.74, 6) is -0.882. The van der Waals surface area contributed by atoms with Crippen LogP contribution in [0.1, 0.15) is 13.8 Å². The Bertz CT molecular complexity index is 266. The van der Waals surface area contributed by atoms with Gasteiger partial charge in [-0.2, -0.15) is 0 Å². The highest BCUT2D eigenvalue weighted by Crippen LogP contribution is 2.14. The Morgan fingerprint density at radius 3 is 2.57 bits per heavy atom. The van der Waals surface area contributed by atoms with E-state index in [1.165, 1.54) is 13.8 Å². The van der Waals surface area contributed by atoms with E-state index in [0.717, 1.165) is 4.90 Å². The minimum Gasteiger partial charge on any atom is -0.341 e. The molecule has 1 saturated heterocycles. The van der Waals surface area contributed by atoms with Crippen molar-refractivity contribution in [1.82, 2.24) is 10.2 Å². The van der Waals surface area contributed by atoms with Crippen molar-refractivity contribution in [2.45, 2.75) is 25.8 Å². The van der Waals surface area contributed by atoms with Gasteiger partial charge >= 0.3 is 0 Å². The third-order valence-electron chi connectivity index (χ3n) is 1.97. The Hall–Kier alpha value is -1.20. The smallest absolute Gasteiger partial charge is 0.255 e. The van der Waals surface area contributed by atoms with E-state index in [-0.39, 0.29) is 6.54 Å². The van der Waals surface area contributed by atoms with Gasteiger partial charge in [0.25, 0.3) is 6.43 Å². The second-order valence-corrected chi connectivity index (χ2v) is 3.75. The summed E-state index contributed by atoms with van der Waals surface area (Å²) >= 11 is 0. The predicted molar refractivity (Wildman–Crippen MR) is 44.8 cm³/mol. The van der Waals surface area contributed by atoms with Crippen LogP contribution in [-0.4, -0.2) is 41.8 Å². The lowest BCUT2D eigenvalue weighted by atomic mass is 10.0. The van der Waals surface area contributed by atoms with Crippen molar-refractivity contribution >= 4 is 11.8 Å². The first-order valence-electron chi connectivity index (χ1n) is 4.21. The lowest BCUT2D eigenvalue weighted by Gasteiger charge is -2.37. The highest BCUT2D eigenvalue weighted by Gasteiger charge is 2.39. The van der Waals surface area contributed by atoms with E-state index in [9.17, 15) is 18.4 Å². The minimum atomic E-state index is -2.61. The summed E-state index contributed by atoms with van der Waals surface area (Å²) in [4.78, 5) is 23.5. The molecule has 1 rings (SSSR count). The van der Waals surface area contributed by atoms with Crippen molar-refractivity contribution in [1.29, 1.82) is 0 Å². The number of nitrogens with zero attached hydrogens (tertiary/aromatic N) is 1. The molecular formula is C8H12F2N2O2. The molecule has 1 aliphatic rings. The fourth-order valence-corrected chi connectivity index (χ4v) is 1.40. The molecule has 0 radical (unpaired) electrons. The van der Waals surface area contributed by atoms with Crippen LogP contribution >= 0.6 is 0 Å². The van der Waals surface area contributed by atoms with Crippen molar-refractivity contribution in [3.63, 3.8) is 0 Å². The standard InChI is InChI=1S/C8H12F2N2O2/c1-8(2)7(14)12(3-5(9)10)4-6(13)11-8/h5H,3-4H2,1-2H3,(H,11,13). The Balaban J connectivity index is 2.76. The molecule has 1 heterocycles. The van der Waals surface area contributed by atoms with E-state index >= 15 is 0 Å². The van der Waals surface area contributed by atoms with Crippen molar-refractivity contribution in [2.24, 2.45) is 0 Å². The highest BCUT2D eigenvalue weighted by molar-refractivity contribution is 5.97. The molecule has 0 aliphatic carbocycles. The van der Waals surface area contributed by atoms with Gasteiger partial charge in [-0.25, -0.2) is 8.78 Å². The van der Waals surface area contributed by atoms with Gasteiger partial charge in [0.15, 0.2) is 0 Å². The molecule has 0 bridgehead atoms. The summed E-state index contributed by atoms with van der Waals surface area (Å²) in [6.07, 6.45) is -2.61. The van der Waals surface area contributed by atoms with Gasteiger partial charge in [-0.15, -0.1) is 0 Å². The number of halogens is 2. The average Bonchev–Trinajstić information content (AvgIpc) is 1.97. The zero-order valence-corrected chi connectivity index (χ0v) is 8.01.